The number of nitrogens with zero attached hydrogens (tertiary/aromatic N) is 1. The predicted octanol–water partition coefficient (Wildman–Crippen LogP) is 5.30. The van der Waals surface area contributed by atoms with Crippen LogP contribution in [-0.2, 0) is 20.9 Å². The van der Waals surface area contributed by atoms with E-state index >= 15 is 0 Å². The van der Waals surface area contributed by atoms with Gasteiger partial charge in [-0.15, -0.1) is 0 Å². The summed E-state index contributed by atoms with van der Waals surface area (Å²) in [5.74, 6) is -0.261. The molecule has 0 fully saturated rings. The van der Waals surface area contributed by atoms with Crippen molar-refractivity contribution in [1.82, 2.24) is 5.32 Å². The molecule has 2 N–H and O–H groups in total. The largest absolute Gasteiger partial charge is 0.466 e. The molecule has 2 aromatic carbocycles. The summed E-state index contributed by atoms with van der Waals surface area (Å²) in [5, 5.41) is 7.45. The van der Waals surface area contributed by atoms with Crippen molar-refractivity contribution in [3.05, 3.63) is 69.9 Å². The maximum atomic E-state index is 12.4. The summed E-state index contributed by atoms with van der Waals surface area (Å²) in [6, 6.07) is 11.4. The molecule has 0 radical (unpaired) electrons. The maximum absolute atomic E-state index is 12.4. The average Bonchev–Trinajstić information content (AvgIpc) is 2.90. The monoisotopic (exact) mass is 471 g/mol. The Bertz CT molecular complexity index is 1080. The topological polar surface area (TPSA) is 79.8 Å². The number of carbonyl (C=O) groups is 2. The zero-order valence-corrected chi connectivity index (χ0v) is 19.9. The fraction of sp³-hybridized carbons (Fsp3) is 0.292. The summed E-state index contributed by atoms with van der Waals surface area (Å²) in [7, 11) is 0. The second-order valence-corrected chi connectivity index (χ2v) is 8.74. The summed E-state index contributed by atoms with van der Waals surface area (Å²) < 4.78 is 5.09. The van der Waals surface area contributed by atoms with E-state index in [2.05, 4.69) is 10.6 Å². The van der Waals surface area contributed by atoms with Crippen LogP contribution < -0.4 is 10.6 Å². The lowest BCUT2D eigenvalue weighted by Gasteiger charge is -2.12. The van der Waals surface area contributed by atoms with E-state index in [0.717, 1.165) is 28.1 Å². The van der Waals surface area contributed by atoms with Crippen LogP contribution >= 0.6 is 23.4 Å². The highest BCUT2D eigenvalue weighted by molar-refractivity contribution is 8.14. The van der Waals surface area contributed by atoms with Gasteiger partial charge in [0.1, 0.15) is 0 Å². The van der Waals surface area contributed by atoms with Gasteiger partial charge in [-0.1, -0.05) is 41.6 Å². The highest BCUT2D eigenvalue weighted by Gasteiger charge is 2.17. The standard InChI is InChI=1S/C24H26ClN3O3S/c1-4-31-24(30)12-18-11-23(28-21-10-16(3)15(2)9-20(21)27-18)32-14-22(29)26-13-17-7-5-6-8-19(17)25/h5-11,27H,4,12-14H2,1-3H3,(H,26,29). The number of anilines is 1. The predicted molar refractivity (Wildman–Crippen MR) is 132 cm³/mol. The van der Waals surface area contributed by atoms with Crippen LogP contribution in [0.25, 0.3) is 0 Å². The Morgan fingerprint density at radius 2 is 1.94 bits per heavy atom. The molecule has 2 aromatic rings. The molecule has 0 bridgehead atoms. The Hall–Kier alpha value is -2.77. The number of amides is 1. The summed E-state index contributed by atoms with van der Waals surface area (Å²) in [5.41, 5.74) is 5.36. The number of benzene rings is 2. The van der Waals surface area contributed by atoms with Crippen LogP contribution in [0.15, 0.2) is 53.2 Å². The van der Waals surface area contributed by atoms with E-state index in [-0.39, 0.29) is 24.1 Å². The quantitative estimate of drug-likeness (QED) is 0.535. The Morgan fingerprint density at radius 1 is 1.19 bits per heavy atom. The Balaban J connectivity index is 1.72. The van der Waals surface area contributed by atoms with Crippen molar-refractivity contribution in [3.63, 3.8) is 0 Å². The minimum absolute atomic E-state index is 0.0957. The Morgan fingerprint density at radius 3 is 2.69 bits per heavy atom. The van der Waals surface area contributed by atoms with Crippen molar-refractivity contribution in [2.24, 2.45) is 4.99 Å². The van der Waals surface area contributed by atoms with Crippen LogP contribution in [0, 0.1) is 13.8 Å². The molecule has 1 heterocycles. The molecule has 6 nitrogen and oxygen atoms in total. The number of hydrogen-bond donors (Lipinski definition) is 2. The number of nitrogens with one attached hydrogen (secondary N) is 2. The van der Waals surface area contributed by atoms with Gasteiger partial charge in [0.2, 0.25) is 5.91 Å². The lowest BCUT2D eigenvalue weighted by atomic mass is 10.1. The molecule has 1 amide bonds. The first-order chi connectivity index (χ1) is 15.4. The molecule has 0 aromatic heterocycles. The highest BCUT2D eigenvalue weighted by Crippen LogP contribution is 2.33. The van der Waals surface area contributed by atoms with Gasteiger partial charge in [0.05, 0.1) is 35.2 Å². The Labute approximate surface area is 197 Å². The number of rotatable bonds is 7. The van der Waals surface area contributed by atoms with E-state index in [1.807, 2.05) is 44.2 Å². The first-order valence-electron chi connectivity index (χ1n) is 10.3. The minimum atomic E-state index is -0.319. The van der Waals surface area contributed by atoms with E-state index in [1.165, 1.54) is 11.8 Å². The van der Waals surface area contributed by atoms with E-state index in [1.54, 1.807) is 19.1 Å². The third-order valence-corrected chi connectivity index (χ3v) is 6.14. The molecule has 1 aliphatic heterocycles. The van der Waals surface area contributed by atoms with Crippen LogP contribution in [-0.4, -0.2) is 29.3 Å². The molecule has 168 valence electrons. The van der Waals surface area contributed by atoms with Crippen molar-refractivity contribution in [2.75, 3.05) is 17.7 Å². The van der Waals surface area contributed by atoms with E-state index in [4.69, 9.17) is 21.3 Å². The summed E-state index contributed by atoms with van der Waals surface area (Å²) >= 11 is 7.46. The normalized spacial score (nSPS) is 12.6. The van der Waals surface area contributed by atoms with Gasteiger partial charge in [-0.05, 0) is 61.7 Å². The van der Waals surface area contributed by atoms with Crippen LogP contribution in [0.2, 0.25) is 5.02 Å². The molecule has 3 rings (SSSR count). The third kappa shape index (κ3) is 6.61. The molecular formula is C24H26ClN3O3S. The molecule has 0 spiro atoms. The fourth-order valence-electron chi connectivity index (χ4n) is 3.07. The molecule has 0 aliphatic carbocycles. The van der Waals surface area contributed by atoms with Gasteiger partial charge in [-0.25, -0.2) is 4.99 Å². The number of carbonyl (C=O) groups excluding carboxylic acids is 2. The molecule has 0 saturated heterocycles. The number of ether oxygens (including phenoxy) is 1. The van der Waals surface area contributed by atoms with Crippen molar-refractivity contribution in [2.45, 2.75) is 33.7 Å². The van der Waals surface area contributed by atoms with Gasteiger partial charge < -0.3 is 15.4 Å². The van der Waals surface area contributed by atoms with E-state index in [0.29, 0.717) is 28.9 Å². The SMILES string of the molecule is CCOC(=O)CC1=CC(SCC(=O)NCc2ccccc2Cl)=Nc2cc(C)c(C)cc2N1. The van der Waals surface area contributed by atoms with Gasteiger partial charge in [0, 0.05) is 17.3 Å². The highest BCUT2D eigenvalue weighted by atomic mass is 35.5. The van der Waals surface area contributed by atoms with Gasteiger partial charge >= 0.3 is 5.97 Å². The summed E-state index contributed by atoms with van der Waals surface area (Å²) in [6.07, 6.45) is 1.89. The second kappa shape index (κ2) is 11.2. The van der Waals surface area contributed by atoms with Gasteiger partial charge in [0.25, 0.3) is 0 Å². The van der Waals surface area contributed by atoms with Crippen LogP contribution in [0.5, 0.6) is 0 Å². The second-order valence-electron chi connectivity index (χ2n) is 7.34. The summed E-state index contributed by atoms with van der Waals surface area (Å²) in [6.45, 7) is 6.51. The van der Waals surface area contributed by atoms with Crippen molar-refractivity contribution < 1.29 is 14.3 Å². The van der Waals surface area contributed by atoms with Gasteiger partial charge in [-0.2, -0.15) is 0 Å². The maximum Gasteiger partial charge on any atom is 0.311 e. The van der Waals surface area contributed by atoms with Crippen LogP contribution in [0.3, 0.4) is 0 Å². The number of aliphatic imine (C=N–C) groups is 1. The van der Waals surface area contributed by atoms with Crippen LogP contribution in [0.4, 0.5) is 11.4 Å². The first-order valence-corrected chi connectivity index (χ1v) is 11.7. The zero-order valence-electron chi connectivity index (χ0n) is 18.3. The smallest absolute Gasteiger partial charge is 0.311 e. The van der Waals surface area contributed by atoms with Crippen molar-refractivity contribution >= 4 is 51.7 Å². The number of halogens is 1. The minimum Gasteiger partial charge on any atom is -0.466 e. The van der Waals surface area contributed by atoms with Crippen LogP contribution in [0.1, 0.15) is 30.0 Å². The molecule has 32 heavy (non-hydrogen) atoms. The molecule has 1 aliphatic rings. The fourth-order valence-corrected chi connectivity index (χ4v) is 4.04. The van der Waals surface area contributed by atoms with E-state index in [9.17, 15) is 9.59 Å². The number of aryl methyl sites for hydroxylation is 2. The first kappa shape index (κ1) is 23.9. The van der Waals surface area contributed by atoms with Crippen molar-refractivity contribution in [3.8, 4) is 0 Å². The van der Waals surface area contributed by atoms with E-state index < -0.39 is 0 Å². The average molecular weight is 472 g/mol. The molecule has 8 heteroatoms. The number of hydrogen-bond acceptors (Lipinski definition) is 6. The van der Waals surface area contributed by atoms with Gasteiger partial charge in [-0.3, -0.25) is 9.59 Å². The molecule has 0 atom stereocenters. The molecular weight excluding hydrogens is 446 g/mol. The molecule has 0 saturated carbocycles. The number of thioether (sulfide) groups is 1. The van der Waals surface area contributed by atoms with Crippen molar-refractivity contribution in [1.29, 1.82) is 0 Å². The third-order valence-electron chi connectivity index (χ3n) is 4.86. The Kier molecular flexibility index (Phi) is 8.36. The molecule has 0 unspecified atom stereocenters. The number of fused-ring (bicyclic) bond motifs is 1. The van der Waals surface area contributed by atoms with Gasteiger partial charge in [0.15, 0.2) is 0 Å². The lowest BCUT2D eigenvalue weighted by molar-refractivity contribution is -0.142. The summed E-state index contributed by atoms with van der Waals surface area (Å²) in [4.78, 5) is 29.2. The number of esters is 1. The zero-order chi connectivity index (χ0) is 23.1. The lowest BCUT2D eigenvalue weighted by Crippen LogP contribution is -2.25.